The molecule has 0 spiro atoms. The van der Waals surface area contributed by atoms with Crippen molar-refractivity contribution in [2.24, 2.45) is 0 Å². The molecule has 1 aromatic carbocycles. The molecule has 31 heavy (non-hydrogen) atoms. The number of pyridine rings is 1. The monoisotopic (exact) mass is 445 g/mol. The van der Waals surface area contributed by atoms with E-state index in [0.29, 0.717) is 11.5 Å². The molecule has 8 nitrogen and oxygen atoms in total. The number of ether oxygens (including phenoxy) is 4. The van der Waals surface area contributed by atoms with Gasteiger partial charge in [0.2, 0.25) is 0 Å². The second-order valence-corrected chi connectivity index (χ2v) is 7.99. The normalized spacial score (nSPS) is 22.8. The van der Waals surface area contributed by atoms with E-state index in [2.05, 4.69) is 4.98 Å². The average molecular weight is 445 g/mol. The van der Waals surface area contributed by atoms with Crippen LogP contribution in [-0.2, 0) is 28.6 Å². The average Bonchev–Trinajstić information content (AvgIpc) is 2.72. The molecule has 0 N–H and O–H groups in total. The summed E-state index contributed by atoms with van der Waals surface area (Å²) in [6.45, 7) is 3.76. The van der Waals surface area contributed by atoms with Gasteiger partial charge in [-0.2, -0.15) is 0 Å². The van der Waals surface area contributed by atoms with E-state index < -0.39 is 41.7 Å². The lowest BCUT2D eigenvalue weighted by molar-refractivity contribution is -0.186. The van der Waals surface area contributed by atoms with Crippen molar-refractivity contribution in [3.8, 4) is 17.0 Å². The first-order chi connectivity index (χ1) is 14.8. The fourth-order valence-electron chi connectivity index (χ4n) is 3.21. The predicted molar refractivity (Wildman–Crippen MR) is 113 cm³/mol. The van der Waals surface area contributed by atoms with Gasteiger partial charge in [-0.1, -0.05) is 18.2 Å². The van der Waals surface area contributed by atoms with Crippen LogP contribution in [0.2, 0.25) is 0 Å². The van der Waals surface area contributed by atoms with Crippen molar-refractivity contribution in [3.63, 3.8) is 0 Å². The SMILES string of the molecule is CC(=O)O[C@@H]1[C@@H](OC(C)=O)[C@H](OC(C)=O)CS[C@H]1Oc1cccc(-c2ccccn2)c1. The van der Waals surface area contributed by atoms with E-state index in [-0.39, 0.29) is 0 Å². The summed E-state index contributed by atoms with van der Waals surface area (Å²) >= 11 is 1.31. The van der Waals surface area contributed by atoms with Crippen LogP contribution in [0.15, 0.2) is 48.7 Å². The lowest BCUT2D eigenvalue weighted by atomic mass is 10.1. The molecule has 1 aromatic heterocycles. The molecule has 0 radical (unpaired) electrons. The summed E-state index contributed by atoms with van der Waals surface area (Å²) in [5.74, 6) is -0.832. The minimum Gasteiger partial charge on any atom is -0.476 e. The third kappa shape index (κ3) is 6.21. The van der Waals surface area contributed by atoms with Crippen LogP contribution in [0.3, 0.4) is 0 Å². The number of rotatable bonds is 6. The van der Waals surface area contributed by atoms with Crippen LogP contribution in [0.5, 0.6) is 5.75 Å². The number of hydrogen-bond donors (Lipinski definition) is 0. The van der Waals surface area contributed by atoms with Crippen molar-refractivity contribution in [1.82, 2.24) is 4.98 Å². The topological polar surface area (TPSA) is 101 Å². The van der Waals surface area contributed by atoms with Gasteiger partial charge in [0, 0.05) is 38.3 Å². The zero-order valence-corrected chi connectivity index (χ0v) is 18.2. The fraction of sp³-hybridized carbons (Fsp3) is 0.364. The number of aromatic nitrogens is 1. The summed E-state index contributed by atoms with van der Waals surface area (Å²) in [4.78, 5) is 39.3. The summed E-state index contributed by atoms with van der Waals surface area (Å²) in [7, 11) is 0. The molecule has 1 aliphatic heterocycles. The van der Waals surface area contributed by atoms with E-state index in [1.165, 1.54) is 32.5 Å². The van der Waals surface area contributed by atoms with Gasteiger partial charge in [-0.25, -0.2) is 0 Å². The molecule has 4 atom stereocenters. The van der Waals surface area contributed by atoms with Crippen molar-refractivity contribution in [2.75, 3.05) is 5.75 Å². The number of thioether (sulfide) groups is 1. The van der Waals surface area contributed by atoms with Gasteiger partial charge >= 0.3 is 17.9 Å². The highest BCUT2D eigenvalue weighted by Crippen LogP contribution is 2.35. The Balaban J connectivity index is 1.86. The Hall–Kier alpha value is -3.07. The maximum Gasteiger partial charge on any atom is 0.303 e. The second kappa shape index (κ2) is 10.3. The molecular formula is C22H23NO7S. The number of hydrogen-bond acceptors (Lipinski definition) is 9. The van der Waals surface area contributed by atoms with E-state index in [4.69, 9.17) is 18.9 Å². The molecule has 2 heterocycles. The molecule has 9 heteroatoms. The Kier molecular flexibility index (Phi) is 7.51. The molecule has 0 aliphatic carbocycles. The van der Waals surface area contributed by atoms with E-state index >= 15 is 0 Å². The minimum atomic E-state index is -0.990. The third-order valence-corrected chi connectivity index (χ3v) is 5.57. The molecule has 0 saturated carbocycles. The Labute approximate surface area is 184 Å². The van der Waals surface area contributed by atoms with Crippen LogP contribution in [-0.4, -0.2) is 52.4 Å². The van der Waals surface area contributed by atoms with Crippen LogP contribution in [0.25, 0.3) is 11.3 Å². The highest BCUT2D eigenvalue weighted by molar-refractivity contribution is 7.99. The Bertz CT molecular complexity index is 936. The summed E-state index contributed by atoms with van der Waals surface area (Å²) < 4.78 is 22.3. The maximum atomic E-state index is 11.8. The number of nitrogens with zero attached hydrogens (tertiary/aromatic N) is 1. The van der Waals surface area contributed by atoms with Crippen molar-refractivity contribution in [3.05, 3.63) is 48.7 Å². The number of carbonyl (C=O) groups is 3. The summed E-state index contributed by atoms with van der Waals surface area (Å²) in [5, 5.41) is 0. The first-order valence-corrected chi connectivity index (χ1v) is 10.7. The Morgan fingerprint density at radius 1 is 0.903 bits per heavy atom. The van der Waals surface area contributed by atoms with Crippen LogP contribution < -0.4 is 4.74 Å². The highest BCUT2D eigenvalue weighted by Gasteiger charge is 2.47. The largest absolute Gasteiger partial charge is 0.476 e. The van der Waals surface area contributed by atoms with Crippen molar-refractivity contribution >= 4 is 29.7 Å². The molecule has 0 amide bonds. The van der Waals surface area contributed by atoms with Crippen molar-refractivity contribution < 1.29 is 33.3 Å². The molecule has 1 aliphatic rings. The number of carbonyl (C=O) groups excluding carboxylic acids is 3. The van der Waals surface area contributed by atoms with Crippen LogP contribution in [0.1, 0.15) is 20.8 Å². The van der Waals surface area contributed by atoms with Crippen LogP contribution >= 0.6 is 11.8 Å². The maximum absolute atomic E-state index is 11.8. The number of benzene rings is 1. The van der Waals surface area contributed by atoms with E-state index in [9.17, 15) is 14.4 Å². The summed E-state index contributed by atoms with van der Waals surface area (Å²) in [5.41, 5.74) is 0.963. The van der Waals surface area contributed by atoms with Crippen LogP contribution in [0, 0.1) is 0 Å². The summed E-state index contributed by atoms with van der Waals surface area (Å²) in [6, 6.07) is 13.0. The van der Waals surface area contributed by atoms with Crippen LogP contribution in [0.4, 0.5) is 0 Å². The fourth-order valence-corrected chi connectivity index (χ4v) is 4.42. The van der Waals surface area contributed by atoms with Gasteiger partial charge < -0.3 is 18.9 Å². The zero-order chi connectivity index (χ0) is 22.4. The summed E-state index contributed by atoms with van der Waals surface area (Å²) in [6.07, 6.45) is -1.02. The molecule has 164 valence electrons. The third-order valence-electron chi connectivity index (χ3n) is 4.35. The molecule has 1 fully saturated rings. The van der Waals surface area contributed by atoms with E-state index in [0.717, 1.165) is 11.3 Å². The van der Waals surface area contributed by atoms with Gasteiger partial charge in [-0.05, 0) is 24.3 Å². The van der Waals surface area contributed by atoms with E-state index in [1.54, 1.807) is 12.3 Å². The smallest absolute Gasteiger partial charge is 0.303 e. The first-order valence-electron chi connectivity index (χ1n) is 9.65. The molecular weight excluding hydrogens is 422 g/mol. The van der Waals surface area contributed by atoms with Gasteiger partial charge in [-0.3, -0.25) is 19.4 Å². The Morgan fingerprint density at radius 2 is 1.61 bits per heavy atom. The van der Waals surface area contributed by atoms with Gasteiger partial charge in [0.05, 0.1) is 5.69 Å². The molecule has 1 saturated heterocycles. The second-order valence-electron chi connectivity index (χ2n) is 6.86. The van der Waals surface area contributed by atoms with Gasteiger partial charge in [0.15, 0.2) is 23.7 Å². The standard InChI is InChI=1S/C22H23NO7S/c1-13(24)27-19-12-31-22(21(29-15(3)26)20(19)28-14(2)25)30-17-8-6-7-16(11-17)18-9-4-5-10-23-18/h4-11,19-22H,12H2,1-3H3/t19-,20+,21-,22-/m1/s1. The zero-order valence-electron chi connectivity index (χ0n) is 17.3. The quantitative estimate of drug-likeness (QED) is 0.490. The minimum absolute atomic E-state index is 0.305. The number of esters is 3. The molecule has 0 unspecified atom stereocenters. The van der Waals surface area contributed by atoms with Gasteiger partial charge in [0.1, 0.15) is 5.75 Å². The lowest BCUT2D eigenvalue weighted by Gasteiger charge is -2.39. The van der Waals surface area contributed by atoms with Gasteiger partial charge in [-0.15, -0.1) is 11.8 Å². The predicted octanol–water partition coefficient (Wildman–Crippen LogP) is 3.00. The highest BCUT2D eigenvalue weighted by atomic mass is 32.2. The van der Waals surface area contributed by atoms with Gasteiger partial charge in [0.25, 0.3) is 0 Å². The molecule has 3 rings (SSSR count). The van der Waals surface area contributed by atoms with E-state index in [1.807, 2.05) is 36.4 Å². The van der Waals surface area contributed by atoms with Crippen molar-refractivity contribution in [1.29, 1.82) is 0 Å². The Morgan fingerprint density at radius 3 is 2.26 bits per heavy atom. The first kappa shape index (κ1) is 22.6. The molecule has 2 aromatic rings. The molecule has 0 bridgehead atoms. The van der Waals surface area contributed by atoms with Crippen molar-refractivity contribution in [2.45, 2.75) is 44.5 Å². The lowest BCUT2D eigenvalue weighted by Crippen LogP contribution is -2.55.